The molecule has 3 aromatic rings. The first-order valence-corrected chi connectivity index (χ1v) is 8.18. The number of aliphatic hydroxyl groups is 1. The summed E-state index contributed by atoms with van der Waals surface area (Å²) in [7, 11) is 3.14. The van der Waals surface area contributed by atoms with Crippen LogP contribution in [0.15, 0.2) is 40.1 Å². The molecule has 0 aliphatic heterocycles. The lowest BCUT2D eigenvalue weighted by atomic mass is 10.0. The Labute approximate surface area is 145 Å². The van der Waals surface area contributed by atoms with Crippen molar-refractivity contribution in [1.29, 1.82) is 0 Å². The van der Waals surface area contributed by atoms with Gasteiger partial charge in [-0.25, -0.2) is 4.79 Å². The molecule has 0 radical (unpaired) electrons. The molecule has 0 unspecified atom stereocenters. The highest BCUT2D eigenvalue weighted by molar-refractivity contribution is 5.94. The van der Waals surface area contributed by atoms with Gasteiger partial charge >= 0.3 is 5.69 Å². The number of rotatable bonds is 3. The second-order valence-corrected chi connectivity index (χ2v) is 7.15. The predicted molar refractivity (Wildman–Crippen MR) is 99.0 cm³/mol. The average molecular weight is 341 g/mol. The van der Waals surface area contributed by atoms with Crippen molar-refractivity contribution in [3.63, 3.8) is 0 Å². The summed E-state index contributed by atoms with van der Waals surface area (Å²) in [6, 6.07) is 7.88. The van der Waals surface area contributed by atoms with Crippen LogP contribution in [0.25, 0.3) is 22.2 Å². The van der Waals surface area contributed by atoms with E-state index in [2.05, 4.69) is 0 Å². The first-order chi connectivity index (χ1) is 11.7. The van der Waals surface area contributed by atoms with E-state index < -0.39 is 5.54 Å². The van der Waals surface area contributed by atoms with E-state index in [0.717, 1.165) is 15.7 Å². The predicted octanol–water partition coefficient (Wildman–Crippen LogP) is 1.74. The van der Waals surface area contributed by atoms with E-state index in [-0.39, 0.29) is 17.9 Å². The van der Waals surface area contributed by atoms with Gasteiger partial charge < -0.3 is 9.67 Å². The zero-order valence-corrected chi connectivity index (χ0v) is 15.2. The number of nitrogens with zero attached hydrogens (tertiary/aromatic N) is 3. The maximum atomic E-state index is 12.9. The van der Waals surface area contributed by atoms with Crippen molar-refractivity contribution >= 4 is 10.9 Å². The Hall–Kier alpha value is -2.60. The molecule has 0 fully saturated rings. The lowest BCUT2D eigenvalue weighted by molar-refractivity contribution is 0.166. The molecule has 2 aromatic heterocycles. The van der Waals surface area contributed by atoms with Gasteiger partial charge in [0.25, 0.3) is 5.56 Å². The highest BCUT2D eigenvalue weighted by Gasteiger charge is 2.27. The van der Waals surface area contributed by atoms with E-state index in [1.165, 1.54) is 11.6 Å². The molecule has 0 amide bonds. The Bertz CT molecular complexity index is 1070. The molecule has 6 nitrogen and oxygen atoms in total. The Balaban J connectivity index is 2.55. The summed E-state index contributed by atoms with van der Waals surface area (Å²) in [5.74, 6) is 0. The third kappa shape index (κ3) is 2.53. The number of hydrogen-bond acceptors (Lipinski definition) is 3. The third-order valence-corrected chi connectivity index (χ3v) is 4.80. The molecule has 0 spiro atoms. The number of aromatic nitrogens is 3. The summed E-state index contributed by atoms with van der Waals surface area (Å²) < 4.78 is 4.48. The summed E-state index contributed by atoms with van der Waals surface area (Å²) in [4.78, 5) is 25.2. The van der Waals surface area contributed by atoms with Crippen LogP contribution in [0, 0.1) is 6.92 Å². The first kappa shape index (κ1) is 17.2. The molecule has 0 aliphatic rings. The Morgan fingerprint density at radius 2 is 1.64 bits per heavy atom. The molecule has 0 saturated carbocycles. The highest BCUT2D eigenvalue weighted by atomic mass is 16.3. The summed E-state index contributed by atoms with van der Waals surface area (Å²) in [5, 5.41) is 10.3. The van der Waals surface area contributed by atoms with Gasteiger partial charge in [-0.3, -0.25) is 13.9 Å². The summed E-state index contributed by atoms with van der Waals surface area (Å²) >= 11 is 0. The van der Waals surface area contributed by atoms with Crippen molar-refractivity contribution in [3.05, 3.63) is 56.9 Å². The number of hydrogen-bond donors (Lipinski definition) is 1. The lowest BCUT2D eigenvalue weighted by Crippen LogP contribution is -2.36. The SMILES string of the molecule is Cc1ccc(-c2c3c(=O)n(C)c(=O)n(C)c3cn2C(C)(C)CO)cc1. The van der Waals surface area contributed by atoms with Gasteiger partial charge in [-0.1, -0.05) is 29.8 Å². The van der Waals surface area contributed by atoms with E-state index >= 15 is 0 Å². The summed E-state index contributed by atoms with van der Waals surface area (Å²) in [5.41, 5.74) is 1.94. The van der Waals surface area contributed by atoms with Crippen molar-refractivity contribution in [2.24, 2.45) is 14.1 Å². The molecule has 3 rings (SSSR count). The van der Waals surface area contributed by atoms with E-state index in [1.807, 2.05) is 49.6 Å². The molecule has 0 bridgehead atoms. The molecule has 132 valence electrons. The number of aliphatic hydroxyl groups excluding tert-OH is 1. The molecule has 25 heavy (non-hydrogen) atoms. The fourth-order valence-corrected chi connectivity index (χ4v) is 3.09. The van der Waals surface area contributed by atoms with Gasteiger partial charge in [-0.05, 0) is 26.3 Å². The van der Waals surface area contributed by atoms with Crippen LogP contribution < -0.4 is 11.2 Å². The number of benzene rings is 1. The quantitative estimate of drug-likeness (QED) is 0.789. The van der Waals surface area contributed by atoms with Crippen molar-refractivity contribution < 1.29 is 5.11 Å². The molecule has 2 heterocycles. The normalized spacial score (nSPS) is 12.1. The maximum absolute atomic E-state index is 12.9. The third-order valence-electron chi connectivity index (χ3n) is 4.80. The van der Waals surface area contributed by atoms with Crippen molar-refractivity contribution in [1.82, 2.24) is 13.7 Å². The standard InChI is InChI=1S/C19H23N3O3/c1-12-6-8-13(9-7-12)16-15-14(10-22(16)19(2,3)11-23)20(4)18(25)21(5)17(15)24/h6-10,23H,11H2,1-5H3. The second-order valence-electron chi connectivity index (χ2n) is 7.15. The minimum Gasteiger partial charge on any atom is -0.394 e. The van der Waals surface area contributed by atoms with Crippen LogP contribution >= 0.6 is 0 Å². The highest BCUT2D eigenvalue weighted by Crippen LogP contribution is 2.33. The smallest absolute Gasteiger partial charge is 0.330 e. The van der Waals surface area contributed by atoms with Crippen molar-refractivity contribution in [2.75, 3.05) is 6.61 Å². The zero-order valence-electron chi connectivity index (χ0n) is 15.2. The molecule has 1 aromatic carbocycles. The van der Waals surface area contributed by atoms with Crippen LogP contribution in [0.1, 0.15) is 19.4 Å². The molecule has 0 saturated heterocycles. The van der Waals surface area contributed by atoms with Crippen molar-refractivity contribution in [2.45, 2.75) is 26.3 Å². The molecule has 6 heteroatoms. The van der Waals surface area contributed by atoms with E-state index in [9.17, 15) is 14.7 Å². The number of fused-ring (bicyclic) bond motifs is 1. The minimum atomic E-state index is -0.625. The van der Waals surface area contributed by atoms with Crippen LogP contribution in [0.4, 0.5) is 0 Å². The van der Waals surface area contributed by atoms with E-state index in [4.69, 9.17) is 0 Å². The molecular formula is C19H23N3O3. The van der Waals surface area contributed by atoms with Gasteiger partial charge in [0, 0.05) is 20.3 Å². The second kappa shape index (κ2) is 5.74. The average Bonchev–Trinajstić information content (AvgIpc) is 3.00. The largest absolute Gasteiger partial charge is 0.394 e. The lowest BCUT2D eigenvalue weighted by Gasteiger charge is -2.27. The number of aryl methyl sites for hydroxylation is 2. The van der Waals surface area contributed by atoms with Crippen molar-refractivity contribution in [3.8, 4) is 11.3 Å². The Kier molecular flexibility index (Phi) is 3.95. The summed E-state index contributed by atoms with van der Waals surface area (Å²) in [6.45, 7) is 5.70. The maximum Gasteiger partial charge on any atom is 0.330 e. The zero-order chi connectivity index (χ0) is 18.5. The van der Waals surface area contributed by atoms with Crippen LogP contribution in [0.2, 0.25) is 0 Å². The monoisotopic (exact) mass is 341 g/mol. The van der Waals surface area contributed by atoms with Crippen LogP contribution in [0.5, 0.6) is 0 Å². The van der Waals surface area contributed by atoms with Crippen LogP contribution in [0.3, 0.4) is 0 Å². The fourth-order valence-electron chi connectivity index (χ4n) is 3.09. The molecular weight excluding hydrogens is 318 g/mol. The van der Waals surface area contributed by atoms with E-state index in [1.54, 1.807) is 13.2 Å². The van der Waals surface area contributed by atoms with Gasteiger partial charge in [0.2, 0.25) is 0 Å². The molecule has 0 atom stereocenters. The minimum absolute atomic E-state index is 0.0961. The van der Waals surface area contributed by atoms with Gasteiger partial charge in [-0.2, -0.15) is 0 Å². The van der Waals surface area contributed by atoms with Crippen LogP contribution in [-0.4, -0.2) is 25.4 Å². The van der Waals surface area contributed by atoms with Gasteiger partial charge in [0.15, 0.2) is 0 Å². The Morgan fingerprint density at radius 3 is 2.20 bits per heavy atom. The molecule has 1 N–H and O–H groups in total. The fraction of sp³-hybridized carbons (Fsp3) is 0.368. The van der Waals surface area contributed by atoms with Gasteiger partial charge in [0.05, 0.1) is 28.7 Å². The topological polar surface area (TPSA) is 69.2 Å². The van der Waals surface area contributed by atoms with Crippen LogP contribution in [-0.2, 0) is 19.6 Å². The van der Waals surface area contributed by atoms with E-state index in [0.29, 0.717) is 16.6 Å². The molecule has 0 aliphatic carbocycles. The Morgan fingerprint density at radius 1 is 1.04 bits per heavy atom. The van der Waals surface area contributed by atoms with Gasteiger partial charge in [0.1, 0.15) is 0 Å². The first-order valence-electron chi connectivity index (χ1n) is 8.18. The van der Waals surface area contributed by atoms with Gasteiger partial charge in [-0.15, -0.1) is 0 Å². The summed E-state index contributed by atoms with van der Waals surface area (Å²) in [6.07, 6.45) is 1.78.